The zero-order chi connectivity index (χ0) is 12.5. The van der Waals surface area contributed by atoms with Gasteiger partial charge in [0.15, 0.2) is 0 Å². The third-order valence-electron chi connectivity index (χ3n) is 2.63. The fourth-order valence-electron chi connectivity index (χ4n) is 1.78. The summed E-state index contributed by atoms with van der Waals surface area (Å²) in [5.74, 6) is 0.204. The van der Waals surface area contributed by atoms with Gasteiger partial charge in [0.05, 0.1) is 6.04 Å². The van der Waals surface area contributed by atoms with Crippen molar-refractivity contribution in [3.63, 3.8) is 0 Å². The number of alkyl halides is 1. The van der Waals surface area contributed by atoms with Gasteiger partial charge in [0, 0.05) is 13.0 Å². The van der Waals surface area contributed by atoms with Gasteiger partial charge in [0.1, 0.15) is 16.1 Å². The largest absolute Gasteiger partial charge is 0.309 e. The van der Waals surface area contributed by atoms with Gasteiger partial charge in [-0.15, -0.1) is 0 Å². The third kappa shape index (κ3) is 3.23. The van der Waals surface area contributed by atoms with Crippen molar-refractivity contribution < 1.29 is 9.18 Å². The van der Waals surface area contributed by atoms with Crippen LogP contribution < -0.4 is 10.6 Å². The number of carbonyl (C=O) groups excluding carboxylic acids is 1. The molecule has 1 aliphatic heterocycles. The molecule has 2 N–H and O–H groups in total. The van der Waals surface area contributed by atoms with Gasteiger partial charge < -0.3 is 10.6 Å². The molecule has 0 radical (unpaired) electrons. The van der Waals surface area contributed by atoms with Crippen LogP contribution in [-0.2, 0) is 4.79 Å². The Balaban J connectivity index is 1.98. The summed E-state index contributed by atoms with van der Waals surface area (Å²) in [6, 6.07) is 4.73. The van der Waals surface area contributed by atoms with Crippen LogP contribution in [0.4, 0.5) is 10.2 Å². The number of hydrogen-bond acceptors (Lipinski definition) is 3. The second-order valence-electron chi connectivity index (χ2n) is 4.39. The Kier molecular flexibility index (Phi) is 3.44. The van der Waals surface area contributed by atoms with E-state index in [4.69, 9.17) is 0 Å². The number of rotatable bonds is 2. The molecule has 1 fully saturated rings. The Labute approximate surface area is 107 Å². The molecule has 2 rings (SSSR count). The number of carbonyl (C=O) groups is 1. The lowest BCUT2D eigenvalue weighted by Gasteiger charge is -2.12. The molecule has 1 aliphatic rings. The van der Waals surface area contributed by atoms with Crippen LogP contribution in [-0.4, -0.2) is 29.1 Å². The fourth-order valence-corrected chi connectivity index (χ4v) is 2.13. The van der Waals surface area contributed by atoms with Gasteiger partial charge in [-0.3, -0.25) is 4.79 Å². The van der Waals surface area contributed by atoms with Crippen LogP contribution in [0, 0.1) is 0 Å². The SMILES string of the molecule is C[C@]1(F)CN[C@H](C(=O)Nc2cccc(Br)n2)C1. The molecule has 2 heterocycles. The molecule has 0 aromatic carbocycles. The lowest BCUT2D eigenvalue weighted by Crippen LogP contribution is -2.35. The van der Waals surface area contributed by atoms with Gasteiger partial charge in [-0.05, 0) is 35.0 Å². The van der Waals surface area contributed by atoms with Crippen LogP contribution in [0.25, 0.3) is 0 Å². The molecule has 1 saturated heterocycles. The maximum Gasteiger partial charge on any atom is 0.242 e. The molecule has 1 aromatic rings. The van der Waals surface area contributed by atoms with Gasteiger partial charge in [-0.2, -0.15) is 0 Å². The van der Waals surface area contributed by atoms with Crippen LogP contribution in [0.15, 0.2) is 22.8 Å². The minimum absolute atomic E-state index is 0.187. The van der Waals surface area contributed by atoms with Crippen LogP contribution >= 0.6 is 15.9 Å². The van der Waals surface area contributed by atoms with Crippen molar-refractivity contribution in [2.75, 3.05) is 11.9 Å². The van der Waals surface area contributed by atoms with E-state index < -0.39 is 11.7 Å². The van der Waals surface area contributed by atoms with E-state index in [0.717, 1.165) is 0 Å². The van der Waals surface area contributed by atoms with E-state index >= 15 is 0 Å². The Hall–Kier alpha value is -1.01. The van der Waals surface area contributed by atoms with Crippen molar-refractivity contribution in [1.82, 2.24) is 10.3 Å². The molecule has 92 valence electrons. The van der Waals surface area contributed by atoms with Gasteiger partial charge in [0.2, 0.25) is 5.91 Å². The first-order valence-electron chi connectivity index (χ1n) is 5.32. The Bertz CT molecular complexity index is 438. The van der Waals surface area contributed by atoms with E-state index in [1.54, 1.807) is 18.2 Å². The summed E-state index contributed by atoms with van der Waals surface area (Å²) in [7, 11) is 0. The zero-order valence-corrected chi connectivity index (χ0v) is 10.9. The third-order valence-corrected chi connectivity index (χ3v) is 3.07. The van der Waals surface area contributed by atoms with Gasteiger partial charge in [-0.1, -0.05) is 6.07 Å². The van der Waals surface area contributed by atoms with Crippen LogP contribution in [0.3, 0.4) is 0 Å². The molecule has 0 aliphatic carbocycles. The molecule has 0 bridgehead atoms. The second kappa shape index (κ2) is 4.70. The number of halogens is 2. The number of pyridine rings is 1. The molecular weight excluding hydrogens is 289 g/mol. The number of nitrogens with one attached hydrogen (secondary N) is 2. The van der Waals surface area contributed by atoms with Crippen molar-refractivity contribution in [2.24, 2.45) is 0 Å². The normalized spacial score (nSPS) is 28.1. The maximum atomic E-state index is 13.6. The molecule has 0 saturated carbocycles. The minimum atomic E-state index is -1.31. The highest BCUT2D eigenvalue weighted by Gasteiger charge is 2.38. The molecule has 0 spiro atoms. The molecule has 2 atom stereocenters. The zero-order valence-electron chi connectivity index (χ0n) is 9.34. The average Bonchev–Trinajstić information content (AvgIpc) is 2.59. The Morgan fingerprint density at radius 3 is 3.06 bits per heavy atom. The predicted molar refractivity (Wildman–Crippen MR) is 66.5 cm³/mol. The quantitative estimate of drug-likeness (QED) is 0.820. The summed E-state index contributed by atoms with van der Waals surface area (Å²) >= 11 is 3.22. The van der Waals surface area contributed by atoms with Crippen molar-refractivity contribution >= 4 is 27.7 Å². The monoisotopic (exact) mass is 301 g/mol. The summed E-state index contributed by atoms with van der Waals surface area (Å²) in [4.78, 5) is 15.9. The van der Waals surface area contributed by atoms with Crippen LogP contribution in [0.1, 0.15) is 13.3 Å². The fraction of sp³-hybridized carbons (Fsp3) is 0.455. The summed E-state index contributed by atoms with van der Waals surface area (Å²) in [6.45, 7) is 1.70. The Morgan fingerprint density at radius 2 is 2.47 bits per heavy atom. The molecule has 4 nitrogen and oxygen atoms in total. The van der Waals surface area contributed by atoms with Crippen LogP contribution in [0.5, 0.6) is 0 Å². The predicted octanol–water partition coefficient (Wildman–Crippen LogP) is 1.87. The minimum Gasteiger partial charge on any atom is -0.309 e. The molecule has 1 amide bonds. The smallest absolute Gasteiger partial charge is 0.242 e. The summed E-state index contributed by atoms with van der Waals surface area (Å²) < 4.78 is 14.2. The van der Waals surface area contributed by atoms with E-state index in [-0.39, 0.29) is 18.9 Å². The number of aromatic nitrogens is 1. The molecule has 0 unspecified atom stereocenters. The number of anilines is 1. The standard InChI is InChI=1S/C11H13BrFN3O/c1-11(13)5-7(14-6-11)10(17)16-9-4-2-3-8(12)15-9/h2-4,7,14H,5-6H2,1H3,(H,15,16,17)/t7-,11+/m0/s1. The van der Waals surface area contributed by atoms with E-state index in [1.807, 2.05) is 0 Å². The first kappa shape index (κ1) is 12.4. The van der Waals surface area contributed by atoms with Crippen molar-refractivity contribution in [3.8, 4) is 0 Å². The number of hydrogen-bond donors (Lipinski definition) is 2. The second-order valence-corrected chi connectivity index (χ2v) is 5.20. The molecule has 17 heavy (non-hydrogen) atoms. The van der Waals surface area contributed by atoms with Gasteiger partial charge in [-0.25, -0.2) is 9.37 Å². The Morgan fingerprint density at radius 1 is 1.71 bits per heavy atom. The molecule has 1 aromatic heterocycles. The lowest BCUT2D eigenvalue weighted by molar-refractivity contribution is -0.118. The van der Waals surface area contributed by atoms with Gasteiger partial charge in [0.25, 0.3) is 0 Å². The van der Waals surface area contributed by atoms with E-state index in [2.05, 4.69) is 31.5 Å². The van der Waals surface area contributed by atoms with E-state index in [9.17, 15) is 9.18 Å². The first-order chi connectivity index (χ1) is 7.96. The first-order valence-corrected chi connectivity index (χ1v) is 6.11. The maximum absolute atomic E-state index is 13.6. The van der Waals surface area contributed by atoms with Crippen LogP contribution in [0.2, 0.25) is 0 Å². The van der Waals surface area contributed by atoms with Crippen molar-refractivity contribution in [2.45, 2.75) is 25.1 Å². The highest BCUT2D eigenvalue weighted by Crippen LogP contribution is 2.23. The van der Waals surface area contributed by atoms with Crippen molar-refractivity contribution in [1.29, 1.82) is 0 Å². The van der Waals surface area contributed by atoms with E-state index in [0.29, 0.717) is 10.4 Å². The molecular formula is C11H13BrFN3O. The molecule has 6 heteroatoms. The topological polar surface area (TPSA) is 54.0 Å². The van der Waals surface area contributed by atoms with Crippen molar-refractivity contribution in [3.05, 3.63) is 22.8 Å². The summed E-state index contributed by atoms with van der Waals surface area (Å²) in [5, 5.41) is 5.51. The lowest BCUT2D eigenvalue weighted by atomic mass is 10.0. The van der Waals surface area contributed by atoms with Gasteiger partial charge >= 0.3 is 0 Å². The summed E-state index contributed by atoms with van der Waals surface area (Å²) in [6.07, 6.45) is 0.187. The summed E-state index contributed by atoms with van der Waals surface area (Å²) in [5.41, 5.74) is -1.31. The average molecular weight is 302 g/mol. The number of amides is 1. The van der Waals surface area contributed by atoms with E-state index in [1.165, 1.54) is 6.92 Å². The number of nitrogens with zero attached hydrogens (tertiary/aromatic N) is 1. The highest BCUT2D eigenvalue weighted by atomic mass is 79.9. The highest BCUT2D eigenvalue weighted by molar-refractivity contribution is 9.10.